The molecule has 0 aromatic heterocycles. The lowest BCUT2D eigenvalue weighted by Gasteiger charge is -2.33. The lowest BCUT2D eigenvalue weighted by atomic mass is 9.93. The average Bonchev–Trinajstić information content (AvgIpc) is 3.11. The van der Waals surface area contributed by atoms with Crippen LogP contribution in [0.25, 0.3) is 11.1 Å². The number of nitrogens with two attached hydrogens (primary N) is 1. The van der Waals surface area contributed by atoms with Crippen LogP contribution in [-0.2, 0) is 17.9 Å². The molecule has 2 heterocycles. The molecule has 132 valence electrons. The van der Waals surface area contributed by atoms with Crippen molar-refractivity contribution in [2.24, 2.45) is 11.7 Å². The number of piperidine rings is 1. The van der Waals surface area contributed by atoms with E-state index < -0.39 is 0 Å². The van der Waals surface area contributed by atoms with Crippen molar-refractivity contribution >= 4 is 11.6 Å². The highest BCUT2D eigenvalue weighted by Gasteiger charge is 2.27. The van der Waals surface area contributed by atoms with Gasteiger partial charge in [-0.15, -0.1) is 0 Å². The van der Waals surface area contributed by atoms with Crippen LogP contribution in [0.5, 0.6) is 0 Å². The smallest absolute Gasteiger partial charge is 0.220 e. The van der Waals surface area contributed by atoms with Crippen molar-refractivity contribution in [2.75, 3.05) is 18.0 Å². The molecule has 2 aromatic carbocycles. The molecule has 2 aromatic rings. The Kier molecular flexibility index (Phi) is 4.26. The maximum atomic E-state index is 11.4. The number of carbonyl (C=O) groups is 1. The normalized spacial score (nSPS) is 17.0. The average molecular weight is 346 g/mol. The highest BCUT2D eigenvalue weighted by molar-refractivity contribution is 5.77. The number of nitrogens with zero attached hydrogens (tertiary/aromatic N) is 3. The first-order valence-electron chi connectivity index (χ1n) is 9.06. The van der Waals surface area contributed by atoms with Crippen molar-refractivity contribution in [3.8, 4) is 17.3 Å². The standard InChI is InChI=1S/C21H22N4O/c22-14-24-12-17-10-18(25-8-6-16(7-9-25)21(23)26)11-19(20(17)13-24)15-4-2-1-3-5-15/h1-5,10-11,16H,6-9,12-13H2,(H2,23,26). The van der Waals surface area contributed by atoms with Crippen molar-refractivity contribution in [3.05, 3.63) is 53.6 Å². The van der Waals surface area contributed by atoms with Crippen LogP contribution in [-0.4, -0.2) is 23.9 Å². The third kappa shape index (κ3) is 2.99. The number of benzene rings is 2. The minimum Gasteiger partial charge on any atom is -0.371 e. The summed E-state index contributed by atoms with van der Waals surface area (Å²) in [6, 6.07) is 14.8. The zero-order valence-corrected chi connectivity index (χ0v) is 14.7. The molecule has 0 atom stereocenters. The van der Waals surface area contributed by atoms with E-state index in [1.807, 2.05) is 18.2 Å². The number of primary amides is 1. The minimum absolute atomic E-state index is 0.0108. The van der Waals surface area contributed by atoms with Gasteiger partial charge in [0, 0.05) is 24.7 Å². The first-order valence-corrected chi connectivity index (χ1v) is 9.06. The fourth-order valence-electron chi connectivity index (χ4n) is 4.05. The number of hydrogen-bond donors (Lipinski definition) is 1. The number of fused-ring (bicyclic) bond motifs is 1. The van der Waals surface area contributed by atoms with Crippen molar-refractivity contribution in [3.63, 3.8) is 0 Å². The highest BCUT2D eigenvalue weighted by Crippen LogP contribution is 2.37. The van der Waals surface area contributed by atoms with Crippen molar-refractivity contribution in [1.82, 2.24) is 4.90 Å². The van der Waals surface area contributed by atoms with Crippen molar-refractivity contribution in [2.45, 2.75) is 25.9 Å². The van der Waals surface area contributed by atoms with Crippen LogP contribution < -0.4 is 10.6 Å². The summed E-state index contributed by atoms with van der Waals surface area (Å²) in [7, 11) is 0. The van der Waals surface area contributed by atoms with E-state index in [1.54, 1.807) is 4.90 Å². The van der Waals surface area contributed by atoms with E-state index in [2.05, 4.69) is 35.4 Å². The molecule has 2 N–H and O–H groups in total. The van der Waals surface area contributed by atoms with Crippen molar-refractivity contribution < 1.29 is 4.79 Å². The van der Waals surface area contributed by atoms with Crippen LogP contribution in [0.2, 0.25) is 0 Å². The zero-order chi connectivity index (χ0) is 18.1. The molecule has 0 aliphatic carbocycles. The Labute approximate surface area is 153 Å². The summed E-state index contributed by atoms with van der Waals surface area (Å²) in [5.41, 5.74) is 11.5. The summed E-state index contributed by atoms with van der Waals surface area (Å²) in [5, 5.41) is 9.32. The van der Waals surface area contributed by atoms with Gasteiger partial charge in [0.2, 0.25) is 5.91 Å². The fraction of sp³-hybridized carbons (Fsp3) is 0.333. The molecular formula is C21H22N4O. The van der Waals surface area contributed by atoms with E-state index >= 15 is 0 Å². The van der Waals surface area contributed by atoms with E-state index in [-0.39, 0.29) is 11.8 Å². The van der Waals surface area contributed by atoms with Gasteiger partial charge in [-0.3, -0.25) is 4.79 Å². The summed E-state index contributed by atoms with van der Waals surface area (Å²) in [5.74, 6) is -0.198. The second kappa shape index (κ2) is 6.72. The number of hydrogen-bond acceptors (Lipinski definition) is 4. The summed E-state index contributed by atoms with van der Waals surface area (Å²) in [6.07, 6.45) is 3.88. The van der Waals surface area contributed by atoms with Gasteiger partial charge < -0.3 is 15.5 Å². The topological polar surface area (TPSA) is 73.4 Å². The molecule has 2 aliphatic heterocycles. The van der Waals surface area contributed by atoms with Crippen LogP contribution in [0.4, 0.5) is 5.69 Å². The number of anilines is 1. The summed E-state index contributed by atoms with van der Waals surface area (Å²) in [4.78, 5) is 15.6. The lowest BCUT2D eigenvalue weighted by molar-refractivity contribution is -0.122. The number of nitriles is 1. The van der Waals surface area contributed by atoms with E-state index in [0.717, 1.165) is 25.9 Å². The third-order valence-electron chi connectivity index (χ3n) is 5.53. The van der Waals surface area contributed by atoms with Crippen LogP contribution in [0.3, 0.4) is 0 Å². The quantitative estimate of drug-likeness (QED) is 0.868. The van der Waals surface area contributed by atoms with Gasteiger partial charge in [-0.25, -0.2) is 0 Å². The number of carbonyl (C=O) groups excluding carboxylic acids is 1. The van der Waals surface area contributed by atoms with Gasteiger partial charge in [0.1, 0.15) is 0 Å². The van der Waals surface area contributed by atoms with E-state index in [1.165, 1.54) is 27.9 Å². The monoisotopic (exact) mass is 346 g/mol. The molecule has 0 unspecified atom stereocenters. The molecule has 26 heavy (non-hydrogen) atoms. The summed E-state index contributed by atoms with van der Waals surface area (Å²) < 4.78 is 0. The zero-order valence-electron chi connectivity index (χ0n) is 14.7. The SMILES string of the molecule is N#CN1Cc2cc(N3CCC(C(N)=O)CC3)cc(-c3ccccc3)c2C1. The molecule has 4 rings (SSSR count). The molecule has 2 aliphatic rings. The Morgan fingerprint density at radius 3 is 2.50 bits per heavy atom. The second-order valence-corrected chi connectivity index (χ2v) is 7.12. The Bertz CT molecular complexity index is 864. The number of rotatable bonds is 3. The van der Waals surface area contributed by atoms with E-state index in [9.17, 15) is 10.1 Å². The molecule has 1 amide bonds. The Morgan fingerprint density at radius 2 is 1.85 bits per heavy atom. The minimum atomic E-state index is -0.187. The highest BCUT2D eigenvalue weighted by atomic mass is 16.1. The predicted molar refractivity (Wildman–Crippen MR) is 101 cm³/mol. The van der Waals surface area contributed by atoms with E-state index in [4.69, 9.17) is 5.73 Å². The Morgan fingerprint density at radius 1 is 1.12 bits per heavy atom. The molecule has 1 fully saturated rings. The molecule has 0 saturated carbocycles. The molecule has 0 bridgehead atoms. The second-order valence-electron chi connectivity index (χ2n) is 7.12. The first-order chi connectivity index (χ1) is 12.7. The van der Waals surface area contributed by atoms with Crippen LogP contribution >= 0.6 is 0 Å². The summed E-state index contributed by atoms with van der Waals surface area (Å²) >= 11 is 0. The lowest BCUT2D eigenvalue weighted by Crippen LogP contribution is -2.38. The Balaban J connectivity index is 1.70. The fourth-order valence-corrected chi connectivity index (χ4v) is 4.05. The van der Waals surface area contributed by atoms with Gasteiger partial charge in [-0.05, 0) is 47.2 Å². The molecular weight excluding hydrogens is 324 g/mol. The largest absolute Gasteiger partial charge is 0.371 e. The molecule has 0 spiro atoms. The van der Waals surface area contributed by atoms with Crippen LogP contribution in [0.1, 0.15) is 24.0 Å². The van der Waals surface area contributed by atoms with Gasteiger partial charge in [-0.2, -0.15) is 5.26 Å². The van der Waals surface area contributed by atoms with Gasteiger partial charge in [0.05, 0.1) is 13.1 Å². The maximum Gasteiger partial charge on any atom is 0.220 e. The van der Waals surface area contributed by atoms with Crippen molar-refractivity contribution in [1.29, 1.82) is 5.26 Å². The predicted octanol–water partition coefficient (Wildman–Crippen LogP) is 2.85. The maximum absolute atomic E-state index is 11.4. The first kappa shape index (κ1) is 16.5. The van der Waals surface area contributed by atoms with Gasteiger partial charge in [0.25, 0.3) is 0 Å². The summed E-state index contributed by atoms with van der Waals surface area (Å²) in [6.45, 7) is 3.00. The van der Waals surface area contributed by atoms with Gasteiger partial charge in [-0.1, -0.05) is 30.3 Å². The molecule has 5 nitrogen and oxygen atoms in total. The number of amides is 1. The van der Waals surface area contributed by atoms with Crippen LogP contribution in [0, 0.1) is 17.4 Å². The van der Waals surface area contributed by atoms with E-state index in [0.29, 0.717) is 13.1 Å². The molecule has 5 heteroatoms. The van der Waals surface area contributed by atoms with Crippen LogP contribution in [0.15, 0.2) is 42.5 Å². The molecule has 0 radical (unpaired) electrons. The Hall–Kier alpha value is -3.00. The van der Waals surface area contributed by atoms with Gasteiger partial charge >= 0.3 is 0 Å². The third-order valence-corrected chi connectivity index (χ3v) is 5.53. The van der Waals surface area contributed by atoms with Gasteiger partial charge in [0.15, 0.2) is 6.19 Å². The molecule has 1 saturated heterocycles.